The van der Waals surface area contributed by atoms with Crippen LogP contribution >= 0.6 is 0 Å². The minimum Gasteiger partial charge on any atom is -0.408 e. The lowest BCUT2D eigenvalue weighted by Gasteiger charge is -2.40. The summed E-state index contributed by atoms with van der Waals surface area (Å²) >= 11 is 0. The van der Waals surface area contributed by atoms with E-state index in [2.05, 4.69) is 25.1 Å². The third-order valence-corrected chi connectivity index (χ3v) is 5.89. The summed E-state index contributed by atoms with van der Waals surface area (Å²) < 4.78 is 43.6. The lowest BCUT2D eigenvalue weighted by atomic mass is 10.1. The molecule has 0 bridgehead atoms. The third-order valence-electron chi connectivity index (χ3n) is 5.89. The Hall–Kier alpha value is -3.60. The molecule has 1 fully saturated rings. The van der Waals surface area contributed by atoms with Crippen LogP contribution in [0.3, 0.4) is 0 Å². The number of nitrogens with zero attached hydrogens (tertiary/aromatic N) is 4. The number of pyridine rings is 1. The molecule has 3 aromatic heterocycles. The van der Waals surface area contributed by atoms with Gasteiger partial charge in [0.25, 0.3) is 0 Å². The fourth-order valence-electron chi connectivity index (χ4n) is 4.26. The first-order valence-electron chi connectivity index (χ1n) is 10.5. The summed E-state index contributed by atoms with van der Waals surface area (Å²) in [5.74, 6) is 0.0410. The van der Waals surface area contributed by atoms with Crippen LogP contribution in [0.25, 0.3) is 22.4 Å². The van der Waals surface area contributed by atoms with E-state index in [-0.39, 0.29) is 6.04 Å². The summed E-state index contributed by atoms with van der Waals surface area (Å²) in [6.07, 6.45) is -1.66. The standard InChI is InChI=1S/C22H21F3N6O2/c1-13-11-30(6-7-31(13)19-5-3-16(10-26-19)22(23,24)25)12-15-9-27-29-20(15)14-2-4-17-18(8-14)33-21(32)28-17/h2-5,8-10,13H,6-7,11-12H2,1H3,(H,27,29)(H,28,32)/t13-/m0/s1. The molecule has 0 aliphatic carbocycles. The number of hydrogen-bond donors (Lipinski definition) is 2. The monoisotopic (exact) mass is 458 g/mol. The van der Waals surface area contributed by atoms with Crippen LogP contribution in [0.5, 0.6) is 0 Å². The Labute approximate surface area is 186 Å². The summed E-state index contributed by atoms with van der Waals surface area (Å²) in [6.45, 7) is 4.78. The SMILES string of the molecule is C[C@H]1CN(Cc2c[nH]nc2-c2ccc3[nH]c(=O)oc3c2)CCN1c1ccc(C(F)(F)F)cn1. The molecule has 1 atom stereocenters. The van der Waals surface area contributed by atoms with Gasteiger partial charge < -0.3 is 9.32 Å². The number of benzene rings is 1. The zero-order chi connectivity index (χ0) is 23.2. The van der Waals surface area contributed by atoms with Crippen molar-refractivity contribution in [1.29, 1.82) is 0 Å². The second-order valence-electron chi connectivity index (χ2n) is 8.16. The van der Waals surface area contributed by atoms with Gasteiger partial charge >= 0.3 is 11.9 Å². The van der Waals surface area contributed by atoms with E-state index in [9.17, 15) is 18.0 Å². The highest BCUT2D eigenvalue weighted by atomic mass is 19.4. The van der Waals surface area contributed by atoms with Crippen LogP contribution < -0.4 is 10.7 Å². The number of alkyl halides is 3. The molecule has 5 rings (SSSR count). The number of nitrogens with one attached hydrogen (secondary N) is 2. The molecule has 1 aromatic carbocycles. The van der Waals surface area contributed by atoms with Crippen molar-refractivity contribution in [3.8, 4) is 11.3 Å². The van der Waals surface area contributed by atoms with Gasteiger partial charge in [0, 0.05) is 55.7 Å². The maximum absolute atomic E-state index is 12.8. The van der Waals surface area contributed by atoms with E-state index in [0.29, 0.717) is 30.0 Å². The van der Waals surface area contributed by atoms with Crippen molar-refractivity contribution in [2.24, 2.45) is 0 Å². The Kier molecular flexibility index (Phi) is 5.20. The van der Waals surface area contributed by atoms with Crippen LogP contribution in [0, 0.1) is 0 Å². The summed E-state index contributed by atoms with van der Waals surface area (Å²) in [5.41, 5.74) is 2.96. The van der Waals surface area contributed by atoms with Crippen LogP contribution in [0.2, 0.25) is 0 Å². The summed E-state index contributed by atoms with van der Waals surface area (Å²) in [7, 11) is 0. The van der Waals surface area contributed by atoms with Gasteiger partial charge in [0.05, 0.1) is 16.8 Å². The van der Waals surface area contributed by atoms with E-state index in [4.69, 9.17) is 4.42 Å². The van der Waals surface area contributed by atoms with Gasteiger partial charge in [-0.2, -0.15) is 18.3 Å². The van der Waals surface area contributed by atoms with E-state index in [1.54, 1.807) is 12.1 Å². The number of aromatic amines is 2. The maximum Gasteiger partial charge on any atom is 0.417 e. The largest absolute Gasteiger partial charge is 0.417 e. The van der Waals surface area contributed by atoms with Gasteiger partial charge in [-0.15, -0.1) is 0 Å². The molecular weight excluding hydrogens is 437 g/mol. The number of fused-ring (bicyclic) bond motifs is 1. The predicted octanol–water partition coefficient (Wildman–Crippen LogP) is 3.64. The van der Waals surface area contributed by atoms with Crippen molar-refractivity contribution in [3.05, 3.63) is 64.4 Å². The fraction of sp³-hybridized carbons (Fsp3) is 0.318. The predicted molar refractivity (Wildman–Crippen MR) is 116 cm³/mol. The smallest absolute Gasteiger partial charge is 0.408 e. The Morgan fingerprint density at radius 1 is 1.21 bits per heavy atom. The molecule has 1 aliphatic heterocycles. The van der Waals surface area contributed by atoms with Crippen molar-refractivity contribution >= 4 is 16.9 Å². The van der Waals surface area contributed by atoms with Crippen LogP contribution in [0.15, 0.2) is 51.9 Å². The minimum absolute atomic E-state index is 0.0730. The average molecular weight is 458 g/mol. The van der Waals surface area contributed by atoms with Crippen LogP contribution in [0.1, 0.15) is 18.1 Å². The molecule has 1 aliphatic rings. The highest BCUT2D eigenvalue weighted by Crippen LogP contribution is 2.30. The zero-order valence-electron chi connectivity index (χ0n) is 17.7. The quantitative estimate of drug-likeness (QED) is 0.485. The average Bonchev–Trinajstić information content (AvgIpc) is 3.38. The second-order valence-corrected chi connectivity index (χ2v) is 8.16. The number of rotatable bonds is 4. The first-order chi connectivity index (χ1) is 15.8. The Morgan fingerprint density at radius 3 is 2.79 bits per heavy atom. The second kappa shape index (κ2) is 8.07. The van der Waals surface area contributed by atoms with Crippen molar-refractivity contribution in [2.75, 3.05) is 24.5 Å². The first-order valence-corrected chi connectivity index (χ1v) is 10.5. The maximum atomic E-state index is 12.8. The molecular formula is C22H21F3N6O2. The Morgan fingerprint density at radius 2 is 2.06 bits per heavy atom. The molecule has 4 aromatic rings. The van der Waals surface area contributed by atoms with Gasteiger partial charge in [0.15, 0.2) is 5.58 Å². The number of halogens is 3. The van der Waals surface area contributed by atoms with Gasteiger partial charge in [0.1, 0.15) is 5.82 Å². The number of anilines is 1. The number of oxazole rings is 1. The lowest BCUT2D eigenvalue weighted by Crippen LogP contribution is -2.51. The molecule has 0 saturated carbocycles. The Balaban J connectivity index is 1.28. The molecule has 8 nitrogen and oxygen atoms in total. The molecule has 0 radical (unpaired) electrons. The van der Waals surface area contributed by atoms with Gasteiger partial charge in [-0.1, -0.05) is 6.07 Å². The third kappa shape index (κ3) is 4.23. The normalized spacial score (nSPS) is 17.7. The molecule has 172 valence electrons. The number of H-pyrrole nitrogens is 2. The van der Waals surface area contributed by atoms with Gasteiger partial charge in [-0.25, -0.2) is 9.78 Å². The zero-order valence-corrected chi connectivity index (χ0v) is 17.7. The molecule has 11 heteroatoms. The van der Waals surface area contributed by atoms with Crippen LogP contribution in [-0.4, -0.2) is 50.7 Å². The molecule has 0 amide bonds. The molecule has 0 unspecified atom stereocenters. The van der Waals surface area contributed by atoms with Crippen molar-refractivity contribution in [3.63, 3.8) is 0 Å². The van der Waals surface area contributed by atoms with Crippen molar-refractivity contribution < 1.29 is 17.6 Å². The van der Waals surface area contributed by atoms with Gasteiger partial charge in [0.2, 0.25) is 0 Å². The van der Waals surface area contributed by atoms with Gasteiger partial charge in [-0.3, -0.25) is 15.0 Å². The van der Waals surface area contributed by atoms with Gasteiger partial charge in [-0.05, 0) is 31.2 Å². The first kappa shape index (κ1) is 21.3. The van der Waals surface area contributed by atoms with E-state index in [0.717, 1.165) is 42.2 Å². The van der Waals surface area contributed by atoms with E-state index >= 15 is 0 Å². The Bertz CT molecular complexity index is 1320. The molecule has 33 heavy (non-hydrogen) atoms. The van der Waals surface area contributed by atoms with Crippen molar-refractivity contribution in [2.45, 2.75) is 25.7 Å². The molecule has 4 heterocycles. The van der Waals surface area contributed by atoms with Crippen LogP contribution in [0.4, 0.5) is 19.0 Å². The molecule has 0 spiro atoms. The van der Waals surface area contributed by atoms with Crippen molar-refractivity contribution in [1.82, 2.24) is 25.1 Å². The number of aromatic nitrogens is 4. The van der Waals surface area contributed by atoms with Crippen LogP contribution in [-0.2, 0) is 12.7 Å². The lowest BCUT2D eigenvalue weighted by molar-refractivity contribution is -0.137. The van der Waals surface area contributed by atoms with E-state index < -0.39 is 17.5 Å². The summed E-state index contributed by atoms with van der Waals surface area (Å²) in [6, 6.07) is 8.02. The fourth-order valence-corrected chi connectivity index (χ4v) is 4.26. The van der Waals surface area contributed by atoms with E-state index in [1.807, 2.05) is 24.1 Å². The number of hydrogen-bond acceptors (Lipinski definition) is 6. The highest BCUT2D eigenvalue weighted by Gasteiger charge is 2.32. The highest BCUT2D eigenvalue weighted by molar-refractivity contribution is 5.79. The van der Waals surface area contributed by atoms with E-state index in [1.165, 1.54) is 6.07 Å². The number of piperazine rings is 1. The molecule has 1 saturated heterocycles. The summed E-state index contributed by atoms with van der Waals surface area (Å²) in [4.78, 5) is 22.4. The molecule has 2 N–H and O–H groups in total. The topological polar surface area (TPSA) is 94.0 Å². The minimum atomic E-state index is -4.39. The summed E-state index contributed by atoms with van der Waals surface area (Å²) in [5, 5.41) is 7.29.